The second kappa shape index (κ2) is 8.83. The average Bonchev–Trinajstić information content (AvgIpc) is 2.87. The van der Waals surface area contributed by atoms with Crippen molar-refractivity contribution in [3.63, 3.8) is 0 Å². The first-order valence-electron chi connectivity index (χ1n) is 10.6. The summed E-state index contributed by atoms with van der Waals surface area (Å²) in [4.78, 5) is 55.0. The number of nitro groups is 2. The summed E-state index contributed by atoms with van der Waals surface area (Å²) in [5.74, 6) is 0. The number of nitrogens with zero attached hydrogens (tertiary/aromatic N) is 6. The van der Waals surface area contributed by atoms with Crippen LogP contribution < -0.4 is 11.1 Å². The molecule has 0 N–H and O–H groups in total. The van der Waals surface area contributed by atoms with Crippen LogP contribution in [0.2, 0.25) is 0 Å². The Kier molecular flexibility index (Phi) is 5.53. The van der Waals surface area contributed by atoms with Crippen LogP contribution in [0.1, 0.15) is 11.1 Å². The minimum absolute atomic E-state index is 0.142. The van der Waals surface area contributed by atoms with E-state index in [-0.39, 0.29) is 57.4 Å². The summed E-state index contributed by atoms with van der Waals surface area (Å²) in [5.41, 5.74) is 1.12. The lowest BCUT2D eigenvalue weighted by Gasteiger charge is -2.10. The van der Waals surface area contributed by atoms with Crippen LogP contribution in [0.3, 0.4) is 0 Å². The molecule has 0 amide bonds. The minimum Gasteiger partial charge on any atom is -0.294 e. The zero-order valence-electron chi connectivity index (χ0n) is 18.5. The number of rotatable bonds is 6. The molecule has 5 aromatic rings. The number of non-ortho nitro benzene ring substituents is 2. The van der Waals surface area contributed by atoms with Crippen molar-refractivity contribution in [1.29, 1.82) is 0 Å². The van der Waals surface area contributed by atoms with Gasteiger partial charge in [0.1, 0.15) is 0 Å². The molecular weight excluding hydrogens is 468 g/mol. The summed E-state index contributed by atoms with van der Waals surface area (Å²) in [5, 5.41) is 22.5. The van der Waals surface area contributed by atoms with Gasteiger partial charge in [-0.25, -0.2) is 9.97 Å². The van der Waals surface area contributed by atoms with Crippen molar-refractivity contribution in [2.75, 3.05) is 0 Å². The third-order valence-electron chi connectivity index (χ3n) is 5.74. The summed E-state index contributed by atoms with van der Waals surface area (Å²) >= 11 is 0. The van der Waals surface area contributed by atoms with Crippen LogP contribution in [0.25, 0.3) is 21.8 Å². The average molecular weight is 484 g/mol. The molecule has 36 heavy (non-hydrogen) atoms. The van der Waals surface area contributed by atoms with Gasteiger partial charge in [-0.1, -0.05) is 24.3 Å². The molecule has 2 aromatic heterocycles. The largest absolute Gasteiger partial charge is 0.294 e. The third kappa shape index (κ3) is 4.18. The van der Waals surface area contributed by atoms with E-state index in [1.165, 1.54) is 58.2 Å². The standard InChI is InChI=1S/C24H16N6O6/c31-23-19-6-4-17(29(33)34)9-21(19)25-13-27(23)11-15-2-1-3-16(8-15)12-28-14-26-22-10-18(30(35)36)5-7-20(22)24(28)32/h1-10,13-14H,11-12H2. The zero-order chi connectivity index (χ0) is 25.4. The summed E-state index contributed by atoms with van der Waals surface area (Å²) in [7, 11) is 0. The van der Waals surface area contributed by atoms with Crippen molar-refractivity contribution >= 4 is 33.2 Å². The van der Waals surface area contributed by atoms with Gasteiger partial charge in [-0.3, -0.25) is 39.0 Å². The van der Waals surface area contributed by atoms with E-state index in [1.807, 2.05) is 18.2 Å². The first kappa shape index (κ1) is 22.5. The summed E-state index contributed by atoms with van der Waals surface area (Å²) in [6, 6.07) is 15.1. The summed E-state index contributed by atoms with van der Waals surface area (Å²) < 4.78 is 2.81. The van der Waals surface area contributed by atoms with Gasteiger partial charge in [-0.2, -0.15) is 0 Å². The molecule has 0 aliphatic carbocycles. The molecule has 0 aliphatic heterocycles. The molecule has 3 aromatic carbocycles. The van der Waals surface area contributed by atoms with Gasteiger partial charge in [0.2, 0.25) is 0 Å². The maximum absolute atomic E-state index is 12.9. The molecule has 12 nitrogen and oxygen atoms in total. The highest BCUT2D eigenvalue weighted by molar-refractivity contribution is 5.80. The van der Waals surface area contributed by atoms with Crippen molar-refractivity contribution in [3.8, 4) is 0 Å². The normalized spacial score (nSPS) is 11.1. The van der Waals surface area contributed by atoms with E-state index in [1.54, 1.807) is 6.07 Å². The SMILES string of the molecule is O=c1c2ccc([N+](=O)[O-])cc2ncn1Cc1cccc(Cn2cnc3cc([N+](=O)[O-])ccc3c2=O)c1. The van der Waals surface area contributed by atoms with E-state index in [9.17, 15) is 29.8 Å². The maximum Gasteiger partial charge on any atom is 0.271 e. The highest BCUT2D eigenvalue weighted by Crippen LogP contribution is 2.18. The van der Waals surface area contributed by atoms with Gasteiger partial charge in [0, 0.05) is 24.3 Å². The fourth-order valence-electron chi connectivity index (χ4n) is 3.97. The first-order chi connectivity index (χ1) is 17.3. The van der Waals surface area contributed by atoms with Crippen LogP contribution in [0.4, 0.5) is 11.4 Å². The van der Waals surface area contributed by atoms with Crippen LogP contribution >= 0.6 is 0 Å². The number of fused-ring (bicyclic) bond motifs is 2. The highest BCUT2D eigenvalue weighted by atomic mass is 16.6. The molecule has 12 heteroatoms. The Morgan fingerprint density at radius 3 is 1.53 bits per heavy atom. The Bertz CT molecular complexity index is 1680. The van der Waals surface area contributed by atoms with E-state index >= 15 is 0 Å². The molecule has 0 saturated carbocycles. The van der Waals surface area contributed by atoms with Crippen molar-refractivity contribution in [2.45, 2.75) is 13.1 Å². The van der Waals surface area contributed by atoms with E-state index in [0.717, 1.165) is 11.1 Å². The predicted octanol–water partition coefficient (Wildman–Crippen LogP) is 3.02. The van der Waals surface area contributed by atoms with Crippen molar-refractivity contribution < 1.29 is 9.85 Å². The number of benzene rings is 3. The van der Waals surface area contributed by atoms with Gasteiger partial charge in [-0.05, 0) is 23.3 Å². The molecule has 0 spiro atoms. The first-order valence-corrected chi connectivity index (χ1v) is 10.6. The fourth-order valence-corrected chi connectivity index (χ4v) is 3.97. The van der Waals surface area contributed by atoms with Gasteiger partial charge in [0.25, 0.3) is 22.5 Å². The molecule has 0 atom stereocenters. The molecule has 0 radical (unpaired) electrons. The lowest BCUT2D eigenvalue weighted by atomic mass is 10.1. The van der Waals surface area contributed by atoms with Crippen LogP contribution in [-0.2, 0) is 13.1 Å². The van der Waals surface area contributed by atoms with Gasteiger partial charge >= 0.3 is 0 Å². The van der Waals surface area contributed by atoms with Gasteiger partial charge < -0.3 is 0 Å². The van der Waals surface area contributed by atoms with Crippen molar-refractivity contribution in [3.05, 3.63) is 125 Å². The van der Waals surface area contributed by atoms with Crippen LogP contribution in [0.5, 0.6) is 0 Å². The molecule has 0 unspecified atom stereocenters. The topological polar surface area (TPSA) is 156 Å². The van der Waals surface area contributed by atoms with E-state index < -0.39 is 9.85 Å². The quantitative estimate of drug-likeness (QED) is 0.263. The smallest absolute Gasteiger partial charge is 0.271 e. The molecule has 0 bridgehead atoms. The molecule has 5 rings (SSSR count). The Labute approximate surface area is 201 Å². The minimum atomic E-state index is -0.543. The Balaban J connectivity index is 1.42. The number of hydrogen-bond acceptors (Lipinski definition) is 8. The molecule has 178 valence electrons. The summed E-state index contributed by atoms with van der Waals surface area (Å²) in [6.07, 6.45) is 2.69. The zero-order valence-corrected chi connectivity index (χ0v) is 18.5. The molecule has 0 saturated heterocycles. The number of hydrogen-bond donors (Lipinski definition) is 0. The maximum atomic E-state index is 12.9. The molecule has 0 fully saturated rings. The van der Waals surface area contributed by atoms with E-state index in [0.29, 0.717) is 0 Å². The summed E-state index contributed by atoms with van der Waals surface area (Å²) in [6.45, 7) is 0.419. The number of nitro benzene ring substituents is 2. The fraction of sp³-hybridized carbons (Fsp3) is 0.0833. The molecule has 0 aliphatic rings. The van der Waals surface area contributed by atoms with Crippen LogP contribution in [0, 0.1) is 20.2 Å². The predicted molar refractivity (Wildman–Crippen MR) is 130 cm³/mol. The van der Waals surface area contributed by atoms with Crippen molar-refractivity contribution in [1.82, 2.24) is 19.1 Å². The highest BCUT2D eigenvalue weighted by Gasteiger charge is 2.12. The Morgan fingerprint density at radius 1 is 0.667 bits per heavy atom. The lowest BCUT2D eigenvalue weighted by molar-refractivity contribution is -0.384. The van der Waals surface area contributed by atoms with Crippen LogP contribution in [-0.4, -0.2) is 28.9 Å². The molecular formula is C24H16N6O6. The monoisotopic (exact) mass is 484 g/mol. The Morgan fingerprint density at radius 2 is 1.11 bits per heavy atom. The lowest BCUT2D eigenvalue weighted by Crippen LogP contribution is -2.22. The Hall–Kier alpha value is -5.26. The molecule has 2 heterocycles. The second-order valence-corrected chi connectivity index (χ2v) is 8.09. The second-order valence-electron chi connectivity index (χ2n) is 8.09. The van der Waals surface area contributed by atoms with Gasteiger partial charge in [0.15, 0.2) is 0 Å². The third-order valence-corrected chi connectivity index (χ3v) is 5.74. The van der Waals surface area contributed by atoms with Gasteiger partial charge in [0.05, 0.1) is 57.4 Å². The van der Waals surface area contributed by atoms with Gasteiger partial charge in [-0.15, -0.1) is 0 Å². The van der Waals surface area contributed by atoms with Crippen molar-refractivity contribution in [2.24, 2.45) is 0 Å². The van der Waals surface area contributed by atoms with E-state index in [2.05, 4.69) is 9.97 Å². The number of aromatic nitrogens is 4. The van der Waals surface area contributed by atoms with E-state index in [4.69, 9.17) is 0 Å². The van der Waals surface area contributed by atoms with Crippen LogP contribution in [0.15, 0.2) is 82.9 Å².